The third-order valence-corrected chi connectivity index (χ3v) is 4.34. The van der Waals surface area contributed by atoms with Crippen molar-refractivity contribution < 1.29 is 17.9 Å². The van der Waals surface area contributed by atoms with Crippen LogP contribution in [0.15, 0.2) is 48.7 Å². The van der Waals surface area contributed by atoms with Crippen molar-refractivity contribution in [3.8, 4) is 17.1 Å². The monoisotopic (exact) mass is 417 g/mol. The summed E-state index contributed by atoms with van der Waals surface area (Å²) in [6, 6.07) is 11.5. The molecule has 0 bridgehead atoms. The van der Waals surface area contributed by atoms with Gasteiger partial charge in [-0.15, -0.1) is 13.2 Å². The zero-order chi connectivity index (χ0) is 21.7. The van der Waals surface area contributed by atoms with E-state index in [-0.39, 0.29) is 11.8 Å². The van der Waals surface area contributed by atoms with Gasteiger partial charge in [0.25, 0.3) is 0 Å². The molecule has 0 aliphatic rings. The molecule has 0 aliphatic carbocycles. The third-order valence-electron chi connectivity index (χ3n) is 4.34. The van der Waals surface area contributed by atoms with Crippen molar-refractivity contribution in [2.45, 2.75) is 39.6 Å². The first kappa shape index (κ1) is 21.4. The van der Waals surface area contributed by atoms with Crippen LogP contribution in [0.2, 0.25) is 0 Å². The van der Waals surface area contributed by atoms with Crippen LogP contribution in [0.4, 0.5) is 30.6 Å². The Morgan fingerprint density at radius 1 is 1.07 bits per heavy atom. The molecule has 1 atom stereocenters. The number of rotatable bonds is 7. The molecule has 0 radical (unpaired) electrons. The van der Waals surface area contributed by atoms with Crippen LogP contribution in [0.25, 0.3) is 11.4 Å². The molecule has 1 aromatic carbocycles. The van der Waals surface area contributed by atoms with Crippen molar-refractivity contribution in [2.75, 3.05) is 10.6 Å². The molecular formula is C21H22F3N5O. The van der Waals surface area contributed by atoms with Gasteiger partial charge in [0.1, 0.15) is 11.6 Å². The predicted octanol–water partition coefficient (Wildman–Crippen LogP) is 5.70. The molecule has 0 saturated heterocycles. The Morgan fingerprint density at radius 3 is 2.50 bits per heavy atom. The van der Waals surface area contributed by atoms with Crippen LogP contribution in [0.1, 0.15) is 25.8 Å². The Hall–Kier alpha value is -3.36. The quantitative estimate of drug-likeness (QED) is 0.514. The molecule has 2 aromatic heterocycles. The van der Waals surface area contributed by atoms with Crippen LogP contribution in [-0.2, 0) is 0 Å². The molecule has 158 valence electrons. The van der Waals surface area contributed by atoms with E-state index in [2.05, 4.69) is 30.3 Å². The molecule has 2 N–H and O–H groups in total. The highest BCUT2D eigenvalue weighted by molar-refractivity contribution is 5.67. The largest absolute Gasteiger partial charge is 0.573 e. The van der Waals surface area contributed by atoms with E-state index in [0.717, 1.165) is 6.42 Å². The zero-order valence-electron chi connectivity index (χ0n) is 16.8. The maximum absolute atomic E-state index is 12.4. The second-order valence-corrected chi connectivity index (χ2v) is 6.78. The van der Waals surface area contributed by atoms with E-state index in [1.165, 1.54) is 18.2 Å². The van der Waals surface area contributed by atoms with Crippen LogP contribution in [0.5, 0.6) is 5.75 Å². The third kappa shape index (κ3) is 5.82. The van der Waals surface area contributed by atoms with Gasteiger partial charge in [-0.05, 0) is 56.2 Å². The maximum atomic E-state index is 12.4. The molecule has 9 heteroatoms. The highest BCUT2D eigenvalue weighted by Crippen LogP contribution is 2.29. The lowest BCUT2D eigenvalue weighted by atomic mass is 10.2. The number of pyridine rings is 1. The van der Waals surface area contributed by atoms with E-state index in [0.29, 0.717) is 34.4 Å². The lowest BCUT2D eigenvalue weighted by Crippen LogP contribution is -2.17. The first-order chi connectivity index (χ1) is 14.2. The Labute approximate surface area is 172 Å². The molecule has 0 amide bonds. The molecule has 2 heterocycles. The van der Waals surface area contributed by atoms with E-state index in [4.69, 9.17) is 0 Å². The summed E-state index contributed by atoms with van der Waals surface area (Å²) in [6.45, 7) is 5.76. The van der Waals surface area contributed by atoms with Crippen molar-refractivity contribution in [3.05, 3.63) is 54.2 Å². The fraction of sp³-hybridized carbons (Fsp3) is 0.286. The maximum Gasteiger partial charge on any atom is 0.573 e. The number of aromatic nitrogens is 3. The molecule has 30 heavy (non-hydrogen) atoms. The summed E-state index contributed by atoms with van der Waals surface area (Å²) in [5.74, 6) is 0.648. The van der Waals surface area contributed by atoms with Crippen molar-refractivity contribution in [3.63, 3.8) is 0 Å². The van der Waals surface area contributed by atoms with Crippen molar-refractivity contribution in [1.29, 1.82) is 0 Å². The molecule has 0 aliphatic heterocycles. The molecular weight excluding hydrogens is 395 g/mol. The minimum atomic E-state index is -4.73. The van der Waals surface area contributed by atoms with E-state index < -0.39 is 6.36 Å². The highest BCUT2D eigenvalue weighted by Gasteiger charge is 2.31. The first-order valence-corrected chi connectivity index (χ1v) is 9.44. The van der Waals surface area contributed by atoms with Crippen LogP contribution < -0.4 is 15.4 Å². The molecule has 0 spiro atoms. The Kier molecular flexibility index (Phi) is 6.39. The minimum Gasteiger partial charge on any atom is -0.406 e. The van der Waals surface area contributed by atoms with E-state index >= 15 is 0 Å². The van der Waals surface area contributed by atoms with Gasteiger partial charge < -0.3 is 15.4 Å². The topological polar surface area (TPSA) is 72.0 Å². The van der Waals surface area contributed by atoms with E-state index in [9.17, 15) is 13.2 Å². The summed E-state index contributed by atoms with van der Waals surface area (Å²) < 4.78 is 41.3. The first-order valence-electron chi connectivity index (χ1n) is 9.44. The fourth-order valence-corrected chi connectivity index (χ4v) is 2.66. The molecule has 3 aromatic rings. The van der Waals surface area contributed by atoms with Gasteiger partial charge in [0, 0.05) is 24.0 Å². The minimum absolute atomic E-state index is 0.164. The second-order valence-electron chi connectivity index (χ2n) is 6.78. The summed E-state index contributed by atoms with van der Waals surface area (Å²) >= 11 is 0. The number of hydrogen-bond donors (Lipinski definition) is 2. The average Bonchev–Trinajstić information content (AvgIpc) is 2.69. The Balaban J connectivity index is 1.92. The van der Waals surface area contributed by atoms with Crippen LogP contribution in [0.3, 0.4) is 0 Å². The second kappa shape index (κ2) is 8.98. The van der Waals surface area contributed by atoms with Gasteiger partial charge in [-0.25, -0.2) is 4.98 Å². The normalized spacial score (nSPS) is 12.3. The number of benzene rings is 1. The van der Waals surface area contributed by atoms with Gasteiger partial charge in [-0.3, -0.25) is 4.98 Å². The number of halogens is 3. The standard InChI is InChI=1S/C21H22F3N5O/c1-4-14(3)26-20-28-18(17-7-5-6-10-25-17)12-19(29-20)27-16-9-8-15(11-13(16)2)30-21(22,23)24/h5-12,14H,4H2,1-3H3,(H2,26,27,28,29)/t14-/m1/s1. The average molecular weight is 417 g/mol. The molecule has 6 nitrogen and oxygen atoms in total. The van der Waals surface area contributed by atoms with E-state index in [1.807, 2.05) is 32.0 Å². The number of anilines is 3. The number of nitrogens with one attached hydrogen (secondary N) is 2. The lowest BCUT2D eigenvalue weighted by Gasteiger charge is -2.16. The van der Waals surface area contributed by atoms with Gasteiger partial charge in [-0.1, -0.05) is 13.0 Å². The number of nitrogens with zero attached hydrogens (tertiary/aromatic N) is 3. The Bertz CT molecular complexity index is 996. The van der Waals surface area contributed by atoms with Gasteiger partial charge in [0.15, 0.2) is 0 Å². The van der Waals surface area contributed by atoms with Crippen LogP contribution >= 0.6 is 0 Å². The van der Waals surface area contributed by atoms with Crippen LogP contribution in [-0.4, -0.2) is 27.4 Å². The van der Waals surface area contributed by atoms with Gasteiger partial charge >= 0.3 is 6.36 Å². The summed E-state index contributed by atoms with van der Waals surface area (Å²) in [7, 11) is 0. The molecule has 0 unspecified atom stereocenters. The van der Waals surface area contributed by atoms with Gasteiger partial charge in [0.05, 0.1) is 11.4 Å². The van der Waals surface area contributed by atoms with Gasteiger partial charge in [0.2, 0.25) is 5.95 Å². The summed E-state index contributed by atoms with van der Waals surface area (Å²) in [6.07, 6.45) is -2.17. The number of ether oxygens (including phenoxy) is 1. The number of hydrogen-bond acceptors (Lipinski definition) is 6. The van der Waals surface area contributed by atoms with E-state index in [1.54, 1.807) is 19.2 Å². The summed E-state index contributed by atoms with van der Waals surface area (Å²) in [4.78, 5) is 13.4. The number of alkyl halides is 3. The van der Waals surface area contributed by atoms with Crippen LogP contribution in [0, 0.1) is 6.92 Å². The van der Waals surface area contributed by atoms with Crippen molar-refractivity contribution in [1.82, 2.24) is 15.0 Å². The lowest BCUT2D eigenvalue weighted by molar-refractivity contribution is -0.274. The van der Waals surface area contributed by atoms with Crippen molar-refractivity contribution in [2.24, 2.45) is 0 Å². The Morgan fingerprint density at radius 2 is 1.87 bits per heavy atom. The fourth-order valence-electron chi connectivity index (χ4n) is 2.66. The SMILES string of the molecule is CC[C@@H](C)Nc1nc(Nc2ccc(OC(F)(F)F)cc2C)cc(-c2ccccn2)n1. The predicted molar refractivity (Wildman–Crippen MR) is 110 cm³/mol. The molecule has 0 fully saturated rings. The molecule has 0 saturated carbocycles. The molecule has 3 rings (SSSR count). The zero-order valence-corrected chi connectivity index (χ0v) is 16.8. The van der Waals surface area contributed by atoms with Gasteiger partial charge in [-0.2, -0.15) is 4.98 Å². The summed E-state index contributed by atoms with van der Waals surface area (Å²) in [5, 5.41) is 6.39. The number of aryl methyl sites for hydroxylation is 1. The highest BCUT2D eigenvalue weighted by atomic mass is 19.4. The van der Waals surface area contributed by atoms with Crippen molar-refractivity contribution >= 4 is 17.5 Å². The summed E-state index contributed by atoms with van der Waals surface area (Å²) in [5.41, 5.74) is 2.48. The smallest absolute Gasteiger partial charge is 0.406 e.